The van der Waals surface area contributed by atoms with Gasteiger partial charge in [0, 0.05) is 30.5 Å². The van der Waals surface area contributed by atoms with E-state index >= 15 is 0 Å². The molecule has 2 aromatic heterocycles. The van der Waals surface area contributed by atoms with Gasteiger partial charge in [-0.2, -0.15) is 5.10 Å². The van der Waals surface area contributed by atoms with E-state index in [1.807, 2.05) is 18.5 Å². The lowest BCUT2D eigenvalue weighted by Crippen LogP contribution is -2.08. The molecule has 0 aliphatic heterocycles. The van der Waals surface area contributed by atoms with E-state index in [0.29, 0.717) is 31.1 Å². The first-order valence-electron chi connectivity index (χ1n) is 7.30. The molecule has 23 heavy (non-hydrogen) atoms. The third-order valence-electron chi connectivity index (χ3n) is 3.76. The van der Waals surface area contributed by atoms with Crippen LogP contribution in [0.15, 0.2) is 12.3 Å². The zero-order chi connectivity index (χ0) is 17.0. The number of hydrogen-bond acceptors (Lipinski definition) is 6. The summed E-state index contributed by atoms with van der Waals surface area (Å²) in [4.78, 5) is 14.5. The molecule has 0 bridgehead atoms. The molecule has 0 spiro atoms. The second kappa shape index (κ2) is 7.19. The maximum absolute atomic E-state index is 10.8. The highest BCUT2D eigenvalue weighted by molar-refractivity contribution is 5.47. The number of rotatable bonds is 7. The Hall–Kier alpha value is -2.48. The number of aromatic nitrogens is 3. The average molecular weight is 319 g/mol. The zero-order valence-electron chi connectivity index (χ0n) is 13.8. The van der Waals surface area contributed by atoms with Crippen molar-refractivity contribution in [3.05, 3.63) is 44.9 Å². The Kier molecular flexibility index (Phi) is 5.28. The Morgan fingerprint density at radius 2 is 2.13 bits per heavy atom. The van der Waals surface area contributed by atoms with Crippen LogP contribution < -0.4 is 5.32 Å². The molecule has 124 valence electrons. The Labute approximate surface area is 134 Å². The Bertz CT molecular complexity index is 711. The van der Waals surface area contributed by atoms with Gasteiger partial charge in [-0.1, -0.05) is 0 Å². The second-order valence-electron chi connectivity index (χ2n) is 5.33. The molecule has 0 saturated heterocycles. The molecule has 8 nitrogen and oxygen atoms in total. The van der Waals surface area contributed by atoms with Gasteiger partial charge in [-0.25, -0.2) is 4.98 Å². The van der Waals surface area contributed by atoms with E-state index in [4.69, 9.17) is 4.74 Å². The zero-order valence-corrected chi connectivity index (χ0v) is 13.8. The molecular formula is C15H21N5O3. The minimum atomic E-state index is -0.430. The van der Waals surface area contributed by atoms with E-state index in [9.17, 15) is 10.1 Å². The van der Waals surface area contributed by atoms with Crippen molar-refractivity contribution in [2.45, 2.75) is 33.9 Å². The molecule has 0 aromatic carbocycles. The smallest absolute Gasteiger partial charge is 0.290 e. The summed E-state index contributed by atoms with van der Waals surface area (Å²) in [5.41, 5.74) is 3.72. The van der Waals surface area contributed by atoms with E-state index in [-0.39, 0.29) is 5.69 Å². The molecule has 8 heteroatoms. The van der Waals surface area contributed by atoms with Crippen molar-refractivity contribution in [3.63, 3.8) is 0 Å². The molecule has 1 N–H and O–H groups in total. The lowest BCUT2D eigenvalue weighted by molar-refractivity contribution is -0.385. The number of hydrogen-bond donors (Lipinski definition) is 1. The number of nitrogens with zero attached hydrogens (tertiary/aromatic N) is 4. The van der Waals surface area contributed by atoms with E-state index < -0.39 is 4.92 Å². The summed E-state index contributed by atoms with van der Waals surface area (Å²) in [5.74, 6) is 0.608. The fourth-order valence-corrected chi connectivity index (χ4v) is 2.40. The first-order chi connectivity index (χ1) is 10.9. The quantitative estimate of drug-likeness (QED) is 0.622. The molecule has 2 aromatic rings. The van der Waals surface area contributed by atoms with Gasteiger partial charge in [0.25, 0.3) is 5.69 Å². The van der Waals surface area contributed by atoms with E-state index in [1.165, 1.54) is 6.20 Å². The van der Waals surface area contributed by atoms with Gasteiger partial charge in [-0.15, -0.1) is 0 Å². The van der Waals surface area contributed by atoms with Crippen molar-refractivity contribution in [2.24, 2.45) is 0 Å². The van der Waals surface area contributed by atoms with Crippen molar-refractivity contribution in [2.75, 3.05) is 19.0 Å². The minimum absolute atomic E-state index is 0.0234. The number of ether oxygens (including phenoxy) is 1. The lowest BCUT2D eigenvalue weighted by Gasteiger charge is -2.08. The highest BCUT2D eigenvalue weighted by Gasteiger charge is 2.13. The van der Waals surface area contributed by atoms with E-state index in [0.717, 1.165) is 17.0 Å². The molecule has 0 amide bonds. The van der Waals surface area contributed by atoms with Crippen molar-refractivity contribution in [1.82, 2.24) is 14.8 Å². The van der Waals surface area contributed by atoms with Crippen LogP contribution in [-0.2, 0) is 17.8 Å². The summed E-state index contributed by atoms with van der Waals surface area (Å²) in [6.07, 6.45) is 1.28. The Balaban J connectivity index is 2.10. The fraction of sp³-hybridized carbons (Fsp3) is 0.467. The van der Waals surface area contributed by atoms with Crippen LogP contribution in [0.3, 0.4) is 0 Å². The third kappa shape index (κ3) is 3.84. The molecule has 0 aliphatic rings. The molecule has 2 rings (SSSR count). The third-order valence-corrected chi connectivity index (χ3v) is 3.76. The van der Waals surface area contributed by atoms with Crippen LogP contribution in [-0.4, -0.2) is 33.4 Å². The monoisotopic (exact) mass is 319 g/mol. The summed E-state index contributed by atoms with van der Waals surface area (Å²) < 4.78 is 7.00. The summed E-state index contributed by atoms with van der Waals surface area (Å²) in [6, 6.07) is 1.68. The normalized spacial score (nSPS) is 10.8. The maximum Gasteiger partial charge on any atom is 0.290 e. The Morgan fingerprint density at radius 3 is 2.74 bits per heavy atom. The van der Waals surface area contributed by atoms with Gasteiger partial charge in [0.05, 0.1) is 23.8 Å². The molecule has 0 fully saturated rings. The molecule has 0 aliphatic carbocycles. The van der Waals surface area contributed by atoms with Gasteiger partial charge in [-0.3, -0.25) is 14.8 Å². The van der Waals surface area contributed by atoms with Crippen LogP contribution in [0.4, 0.5) is 11.5 Å². The van der Waals surface area contributed by atoms with Gasteiger partial charge in [0.15, 0.2) is 0 Å². The summed E-state index contributed by atoms with van der Waals surface area (Å²) >= 11 is 0. The largest absolute Gasteiger partial charge is 0.383 e. The molecule has 0 atom stereocenters. The van der Waals surface area contributed by atoms with Crippen LogP contribution >= 0.6 is 0 Å². The minimum Gasteiger partial charge on any atom is -0.383 e. The van der Waals surface area contributed by atoms with Crippen molar-refractivity contribution >= 4 is 11.5 Å². The number of anilines is 1. The van der Waals surface area contributed by atoms with Crippen molar-refractivity contribution in [1.29, 1.82) is 0 Å². The van der Waals surface area contributed by atoms with Crippen molar-refractivity contribution < 1.29 is 9.66 Å². The predicted octanol–water partition coefficient (Wildman–Crippen LogP) is 2.37. The van der Waals surface area contributed by atoms with Gasteiger partial charge in [-0.05, 0) is 26.8 Å². The molecule has 0 saturated carbocycles. The van der Waals surface area contributed by atoms with E-state index in [2.05, 4.69) is 15.4 Å². The van der Waals surface area contributed by atoms with Gasteiger partial charge < -0.3 is 10.1 Å². The topological polar surface area (TPSA) is 95.1 Å². The predicted molar refractivity (Wildman–Crippen MR) is 86.5 cm³/mol. The van der Waals surface area contributed by atoms with Crippen LogP contribution in [0.1, 0.15) is 22.5 Å². The molecule has 0 unspecified atom stereocenters. The van der Waals surface area contributed by atoms with Gasteiger partial charge in [0.2, 0.25) is 0 Å². The first kappa shape index (κ1) is 16.9. The number of aryl methyl sites for hydroxylation is 2. The van der Waals surface area contributed by atoms with Crippen LogP contribution in [0.2, 0.25) is 0 Å². The van der Waals surface area contributed by atoms with Crippen molar-refractivity contribution in [3.8, 4) is 0 Å². The number of pyridine rings is 1. The standard InChI is InChI=1S/C15H21N5O3/c1-10-7-15(17-9-14(10)20(21)22)16-8-13-11(2)18-19(12(13)3)5-6-23-4/h7,9H,5-6,8H2,1-4H3,(H,16,17). The number of nitrogens with one attached hydrogen (secondary N) is 1. The number of nitro groups is 1. The summed E-state index contributed by atoms with van der Waals surface area (Å²) in [6.45, 7) is 7.55. The van der Waals surface area contributed by atoms with Crippen LogP contribution in [0.25, 0.3) is 0 Å². The molecular weight excluding hydrogens is 298 g/mol. The van der Waals surface area contributed by atoms with Crippen LogP contribution in [0, 0.1) is 30.9 Å². The summed E-state index contributed by atoms with van der Waals surface area (Å²) in [7, 11) is 1.66. The van der Waals surface area contributed by atoms with Gasteiger partial charge >= 0.3 is 0 Å². The summed E-state index contributed by atoms with van der Waals surface area (Å²) in [5, 5.41) is 18.5. The van der Waals surface area contributed by atoms with E-state index in [1.54, 1.807) is 20.1 Å². The first-order valence-corrected chi connectivity index (χ1v) is 7.30. The number of methoxy groups -OCH3 is 1. The average Bonchev–Trinajstić information content (AvgIpc) is 2.77. The molecule has 0 radical (unpaired) electrons. The SMILES string of the molecule is COCCn1nc(C)c(CNc2cc(C)c([N+](=O)[O-])cn2)c1C. The highest BCUT2D eigenvalue weighted by atomic mass is 16.6. The maximum atomic E-state index is 10.8. The highest BCUT2D eigenvalue weighted by Crippen LogP contribution is 2.20. The lowest BCUT2D eigenvalue weighted by atomic mass is 10.2. The second-order valence-corrected chi connectivity index (χ2v) is 5.33. The fourth-order valence-electron chi connectivity index (χ4n) is 2.40. The van der Waals surface area contributed by atoms with Crippen LogP contribution in [0.5, 0.6) is 0 Å². The van der Waals surface area contributed by atoms with Gasteiger partial charge in [0.1, 0.15) is 12.0 Å². The Morgan fingerprint density at radius 1 is 1.39 bits per heavy atom. The molecule has 2 heterocycles.